The first-order valence-corrected chi connectivity index (χ1v) is 6.86. The average Bonchev–Trinajstić information content (AvgIpc) is 2.34. The fourth-order valence-electron chi connectivity index (χ4n) is 1.47. The minimum atomic E-state index is -4.39. The van der Waals surface area contributed by atoms with E-state index in [-0.39, 0.29) is 4.90 Å². The highest BCUT2D eigenvalue weighted by Crippen LogP contribution is 2.26. The first-order valence-electron chi connectivity index (χ1n) is 5.45. The van der Waals surface area contributed by atoms with Gasteiger partial charge in [-0.3, -0.25) is 0 Å². The highest BCUT2D eigenvalue weighted by molar-refractivity contribution is 7.87. The zero-order valence-corrected chi connectivity index (χ0v) is 11.0. The lowest BCUT2D eigenvalue weighted by atomic mass is 10.2. The van der Waals surface area contributed by atoms with E-state index in [1.807, 2.05) is 0 Å². The molecule has 0 spiro atoms. The van der Waals surface area contributed by atoms with Crippen molar-refractivity contribution in [3.8, 4) is 5.75 Å². The summed E-state index contributed by atoms with van der Waals surface area (Å²) in [5.74, 6) is -5.19. The molecule has 0 aromatic heterocycles. The first kappa shape index (κ1) is 14.4. The summed E-state index contributed by atoms with van der Waals surface area (Å²) >= 11 is 0. The molecule has 0 saturated carbocycles. The maximum absolute atomic E-state index is 13.4. The van der Waals surface area contributed by atoms with Crippen LogP contribution in [0.25, 0.3) is 0 Å². The number of halogens is 3. The van der Waals surface area contributed by atoms with Gasteiger partial charge in [0.1, 0.15) is 10.7 Å². The highest BCUT2D eigenvalue weighted by Gasteiger charge is 2.22. The SMILES string of the molecule is Cc1ccc(S(=O)(=O)Oc2c(F)cc(F)cc2F)cc1. The Hall–Kier alpha value is -2.02. The summed E-state index contributed by atoms with van der Waals surface area (Å²) in [6, 6.07) is 6.17. The summed E-state index contributed by atoms with van der Waals surface area (Å²) in [6.45, 7) is 1.75. The summed E-state index contributed by atoms with van der Waals surface area (Å²) in [5, 5.41) is 0. The molecule has 0 amide bonds. The molecule has 0 radical (unpaired) electrons. The van der Waals surface area contributed by atoms with Crippen LogP contribution in [0.2, 0.25) is 0 Å². The van der Waals surface area contributed by atoms with Gasteiger partial charge in [-0.05, 0) is 19.1 Å². The Balaban J connectivity index is 2.41. The van der Waals surface area contributed by atoms with Gasteiger partial charge in [-0.1, -0.05) is 17.7 Å². The number of aryl methyl sites for hydroxylation is 1. The van der Waals surface area contributed by atoms with Crippen LogP contribution in [0.3, 0.4) is 0 Å². The molecule has 0 fully saturated rings. The van der Waals surface area contributed by atoms with E-state index in [4.69, 9.17) is 0 Å². The van der Waals surface area contributed by atoms with E-state index in [0.29, 0.717) is 12.1 Å². The molecule has 3 nitrogen and oxygen atoms in total. The van der Waals surface area contributed by atoms with Crippen molar-refractivity contribution in [2.24, 2.45) is 0 Å². The van der Waals surface area contributed by atoms with Gasteiger partial charge in [0.05, 0.1) is 0 Å². The largest absolute Gasteiger partial charge is 0.373 e. The van der Waals surface area contributed by atoms with Crippen molar-refractivity contribution >= 4 is 10.1 Å². The molecule has 7 heteroatoms. The van der Waals surface area contributed by atoms with Crippen molar-refractivity contribution in [1.82, 2.24) is 0 Å². The summed E-state index contributed by atoms with van der Waals surface area (Å²) in [4.78, 5) is -0.258. The standard InChI is InChI=1S/C13H9F3O3S/c1-8-2-4-10(5-3-8)20(17,18)19-13-11(15)6-9(14)7-12(13)16/h2-7H,1H3. The smallest absolute Gasteiger partial charge is 0.339 e. The topological polar surface area (TPSA) is 43.4 Å². The Bertz CT molecular complexity index is 717. The Kier molecular flexibility index (Phi) is 3.71. The van der Waals surface area contributed by atoms with E-state index < -0.39 is 33.3 Å². The molecule has 2 aromatic rings. The van der Waals surface area contributed by atoms with Crippen molar-refractivity contribution in [1.29, 1.82) is 0 Å². The van der Waals surface area contributed by atoms with Gasteiger partial charge in [0, 0.05) is 12.1 Å². The molecule has 0 aliphatic rings. The van der Waals surface area contributed by atoms with Crippen molar-refractivity contribution in [3.63, 3.8) is 0 Å². The minimum absolute atomic E-state index is 0.258. The maximum atomic E-state index is 13.4. The zero-order chi connectivity index (χ0) is 14.9. The highest BCUT2D eigenvalue weighted by atomic mass is 32.2. The van der Waals surface area contributed by atoms with Crippen molar-refractivity contribution in [3.05, 3.63) is 59.4 Å². The van der Waals surface area contributed by atoms with Gasteiger partial charge >= 0.3 is 10.1 Å². The molecule has 0 atom stereocenters. The van der Waals surface area contributed by atoms with Crippen molar-refractivity contribution in [2.75, 3.05) is 0 Å². The molecule has 0 N–H and O–H groups in total. The molecular formula is C13H9F3O3S. The number of hydrogen-bond donors (Lipinski definition) is 0. The zero-order valence-electron chi connectivity index (χ0n) is 10.2. The van der Waals surface area contributed by atoms with Crippen LogP contribution >= 0.6 is 0 Å². The van der Waals surface area contributed by atoms with Crippen molar-refractivity contribution in [2.45, 2.75) is 11.8 Å². The maximum Gasteiger partial charge on any atom is 0.339 e. The second-order valence-corrected chi connectivity index (χ2v) is 5.60. The molecule has 106 valence electrons. The van der Waals surface area contributed by atoms with E-state index in [1.165, 1.54) is 24.3 Å². The van der Waals surface area contributed by atoms with E-state index in [1.54, 1.807) is 6.92 Å². The average molecular weight is 302 g/mol. The van der Waals surface area contributed by atoms with Gasteiger partial charge in [-0.25, -0.2) is 13.2 Å². The fraction of sp³-hybridized carbons (Fsp3) is 0.0769. The molecule has 0 saturated heterocycles. The molecule has 2 aromatic carbocycles. The Morgan fingerprint density at radius 1 is 0.950 bits per heavy atom. The van der Waals surface area contributed by atoms with Crippen LogP contribution in [0.5, 0.6) is 5.75 Å². The lowest BCUT2D eigenvalue weighted by Crippen LogP contribution is -2.12. The third-order valence-electron chi connectivity index (χ3n) is 2.47. The van der Waals surface area contributed by atoms with Crippen LogP contribution in [0.15, 0.2) is 41.3 Å². The van der Waals surface area contributed by atoms with Gasteiger partial charge in [0.15, 0.2) is 11.6 Å². The lowest BCUT2D eigenvalue weighted by Gasteiger charge is -2.09. The van der Waals surface area contributed by atoms with Crippen LogP contribution in [0.1, 0.15) is 5.56 Å². The van der Waals surface area contributed by atoms with E-state index >= 15 is 0 Å². The van der Waals surface area contributed by atoms with Crippen LogP contribution in [0, 0.1) is 24.4 Å². The lowest BCUT2D eigenvalue weighted by molar-refractivity contribution is 0.427. The van der Waals surface area contributed by atoms with E-state index in [2.05, 4.69) is 4.18 Å². The van der Waals surface area contributed by atoms with Crippen LogP contribution in [-0.2, 0) is 10.1 Å². The van der Waals surface area contributed by atoms with Gasteiger partial charge in [0.2, 0.25) is 5.75 Å². The summed E-state index contributed by atoms with van der Waals surface area (Å²) in [5.41, 5.74) is 0.808. The van der Waals surface area contributed by atoms with Crippen LogP contribution in [-0.4, -0.2) is 8.42 Å². The van der Waals surface area contributed by atoms with Crippen molar-refractivity contribution < 1.29 is 25.8 Å². The molecular weight excluding hydrogens is 293 g/mol. The molecule has 0 aliphatic carbocycles. The van der Waals surface area contributed by atoms with E-state index in [0.717, 1.165) is 5.56 Å². The molecule has 0 bridgehead atoms. The minimum Gasteiger partial charge on any atom is -0.373 e. The second-order valence-electron chi connectivity index (χ2n) is 4.05. The predicted octanol–water partition coefficient (Wildman–Crippen LogP) is 3.18. The van der Waals surface area contributed by atoms with Gasteiger partial charge < -0.3 is 4.18 Å². The summed E-state index contributed by atoms with van der Waals surface area (Å²) in [7, 11) is -4.39. The fourth-order valence-corrected chi connectivity index (χ4v) is 2.42. The third kappa shape index (κ3) is 2.93. The van der Waals surface area contributed by atoms with Gasteiger partial charge in [-0.2, -0.15) is 8.42 Å². The summed E-state index contributed by atoms with van der Waals surface area (Å²) in [6.07, 6.45) is 0. The number of benzene rings is 2. The second kappa shape index (κ2) is 5.16. The first-order chi connectivity index (χ1) is 9.29. The monoisotopic (exact) mass is 302 g/mol. The number of rotatable bonds is 3. The summed E-state index contributed by atoms with van der Waals surface area (Å²) < 4.78 is 67.5. The van der Waals surface area contributed by atoms with Crippen LogP contribution < -0.4 is 4.18 Å². The predicted molar refractivity (Wildman–Crippen MR) is 65.3 cm³/mol. The number of hydrogen-bond acceptors (Lipinski definition) is 3. The quantitative estimate of drug-likeness (QED) is 0.818. The molecule has 20 heavy (non-hydrogen) atoms. The normalized spacial score (nSPS) is 11.4. The third-order valence-corrected chi connectivity index (χ3v) is 3.70. The van der Waals surface area contributed by atoms with Gasteiger partial charge in [-0.15, -0.1) is 0 Å². The van der Waals surface area contributed by atoms with Gasteiger partial charge in [0.25, 0.3) is 0 Å². The molecule has 0 aliphatic heterocycles. The Morgan fingerprint density at radius 3 is 1.95 bits per heavy atom. The molecule has 0 unspecified atom stereocenters. The Labute approximate surface area is 113 Å². The van der Waals surface area contributed by atoms with Crippen LogP contribution in [0.4, 0.5) is 13.2 Å². The van der Waals surface area contributed by atoms with E-state index in [9.17, 15) is 21.6 Å². The molecule has 2 rings (SSSR count). The molecule has 0 heterocycles. The Morgan fingerprint density at radius 2 is 1.45 bits per heavy atom.